The van der Waals surface area contributed by atoms with E-state index in [0.717, 1.165) is 32.5 Å². The van der Waals surface area contributed by atoms with Crippen LogP contribution in [-0.4, -0.2) is 54.7 Å². The van der Waals surface area contributed by atoms with Gasteiger partial charge in [-0.25, -0.2) is 4.79 Å². The van der Waals surface area contributed by atoms with Crippen molar-refractivity contribution in [2.24, 2.45) is 5.92 Å². The Morgan fingerprint density at radius 3 is 2.62 bits per heavy atom. The molecule has 2 amide bonds. The Bertz CT molecular complexity index is 388. The van der Waals surface area contributed by atoms with E-state index < -0.39 is 11.7 Å². The summed E-state index contributed by atoms with van der Waals surface area (Å²) < 4.78 is 5.27. The summed E-state index contributed by atoms with van der Waals surface area (Å²) in [4.78, 5) is 25.9. The minimum absolute atomic E-state index is 0.00272. The number of likely N-dealkylation sites (tertiary alicyclic amines) is 1. The Morgan fingerprint density at radius 1 is 1.33 bits per heavy atom. The molecular formula is C15H27N3O3. The van der Waals surface area contributed by atoms with E-state index >= 15 is 0 Å². The van der Waals surface area contributed by atoms with Crippen LogP contribution in [0.5, 0.6) is 0 Å². The molecule has 2 aliphatic rings. The highest BCUT2D eigenvalue weighted by atomic mass is 16.6. The molecule has 0 saturated carbocycles. The monoisotopic (exact) mass is 297 g/mol. The minimum atomic E-state index is -0.495. The fourth-order valence-electron chi connectivity index (χ4n) is 2.66. The number of ether oxygens (including phenoxy) is 1. The van der Waals surface area contributed by atoms with E-state index in [1.807, 2.05) is 25.7 Å². The first kappa shape index (κ1) is 16.1. The lowest BCUT2D eigenvalue weighted by Gasteiger charge is -2.35. The van der Waals surface area contributed by atoms with Gasteiger partial charge in [-0.1, -0.05) is 0 Å². The molecule has 0 aromatic carbocycles. The van der Waals surface area contributed by atoms with Gasteiger partial charge in [0.05, 0.1) is 0 Å². The largest absolute Gasteiger partial charge is 0.444 e. The van der Waals surface area contributed by atoms with Gasteiger partial charge in [-0.15, -0.1) is 0 Å². The van der Waals surface area contributed by atoms with Gasteiger partial charge in [0.2, 0.25) is 5.91 Å². The van der Waals surface area contributed by atoms with Crippen molar-refractivity contribution in [3.8, 4) is 0 Å². The van der Waals surface area contributed by atoms with Crippen LogP contribution >= 0.6 is 0 Å². The van der Waals surface area contributed by atoms with Crippen LogP contribution in [0.15, 0.2) is 0 Å². The van der Waals surface area contributed by atoms with Crippen molar-refractivity contribution in [2.75, 3.05) is 26.2 Å². The van der Waals surface area contributed by atoms with Crippen LogP contribution in [-0.2, 0) is 9.53 Å². The lowest BCUT2D eigenvalue weighted by Crippen LogP contribution is -2.52. The summed E-state index contributed by atoms with van der Waals surface area (Å²) in [6, 6.07) is -0.00272. The van der Waals surface area contributed by atoms with Gasteiger partial charge >= 0.3 is 6.09 Å². The van der Waals surface area contributed by atoms with Crippen molar-refractivity contribution in [3.05, 3.63) is 0 Å². The van der Waals surface area contributed by atoms with Crippen molar-refractivity contribution in [3.63, 3.8) is 0 Å². The Kier molecular flexibility index (Phi) is 5.08. The Hall–Kier alpha value is -1.30. The van der Waals surface area contributed by atoms with Crippen molar-refractivity contribution in [1.29, 1.82) is 0 Å². The van der Waals surface area contributed by atoms with E-state index in [4.69, 9.17) is 4.74 Å². The Balaban J connectivity index is 1.77. The molecule has 6 heteroatoms. The molecule has 2 aliphatic heterocycles. The molecule has 2 rings (SSSR count). The summed E-state index contributed by atoms with van der Waals surface area (Å²) in [7, 11) is 0. The summed E-state index contributed by atoms with van der Waals surface area (Å²) in [6.45, 7) is 8.81. The molecule has 6 nitrogen and oxygen atoms in total. The van der Waals surface area contributed by atoms with Gasteiger partial charge in [-0.2, -0.15) is 0 Å². The third kappa shape index (κ3) is 5.19. The first-order valence-corrected chi connectivity index (χ1v) is 7.81. The fraction of sp³-hybridized carbons (Fsp3) is 0.867. The number of piperidine rings is 1. The third-order valence-electron chi connectivity index (χ3n) is 3.82. The first-order valence-electron chi connectivity index (χ1n) is 7.81. The van der Waals surface area contributed by atoms with Crippen LogP contribution in [0.1, 0.15) is 40.0 Å². The van der Waals surface area contributed by atoms with Gasteiger partial charge in [0, 0.05) is 25.6 Å². The normalized spacial score (nSPS) is 23.4. The van der Waals surface area contributed by atoms with E-state index in [0.29, 0.717) is 18.9 Å². The quantitative estimate of drug-likeness (QED) is 0.819. The number of hydrogen-bond donors (Lipinski definition) is 2. The highest BCUT2D eigenvalue weighted by Crippen LogP contribution is 2.16. The molecule has 1 atom stereocenters. The SMILES string of the molecule is CC(C)(C)OC(=O)NC1CCCN(C(=O)CC2CNC2)C1. The van der Waals surface area contributed by atoms with Crippen LogP contribution in [0.4, 0.5) is 4.79 Å². The van der Waals surface area contributed by atoms with Gasteiger partial charge in [0.15, 0.2) is 0 Å². The molecule has 1 unspecified atom stereocenters. The van der Waals surface area contributed by atoms with Crippen molar-refractivity contribution in [1.82, 2.24) is 15.5 Å². The van der Waals surface area contributed by atoms with Crippen LogP contribution in [0.25, 0.3) is 0 Å². The van der Waals surface area contributed by atoms with Gasteiger partial charge in [0.25, 0.3) is 0 Å². The smallest absolute Gasteiger partial charge is 0.407 e. The lowest BCUT2D eigenvalue weighted by atomic mass is 9.97. The molecule has 0 aromatic heterocycles. The summed E-state index contributed by atoms with van der Waals surface area (Å²) in [5.41, 5.74) is -0.495. The van der Waals surface area contributed by atoms with Crippen LogP contribution in [0, 0.1) is 5.92 Å². The number of amides is 2. The number of carbonyl (C=O) groups excluding carboxylic acids is 2. The second-order valence-corrected chi connectivity index (χ2v) is 7.05. The van der Waals surface area contributed by atoms with Gasteiger partial charge in [0.1, 0.15) is 5.60 Å². The number of rotatable bonds is 3. The van der Waals surface area contributed by atoms with E-state index in [-0.39, 0.29) is 11.9 Å². The average molecular weight is 297 g/mol. The topological polar surface area (TPSA) is 70.7 Å². The highest BCUT2D eigenvalue weighted by molar-refractivity contribution is 5.77. The van der Waals surface area contributed by atoms with E-state index in [2.05, 4.69) is 10.6 Å². The van der Waals surface area contributed by atoms with Gasteiger partial charge < -0.3 is 20.3 Å². The van der Waals surface area contributed by atoms with Crippen LogP contribution in [0.2, 0.25) is 0 Å². The molecule has 0 aromatic rings. The van der Waals surface area contributed by atoms with Crippen molar-refractivity contribution < 1.29 is 14.3 Å². The van der Waals surface area contributed by atoms with Crippen molar-refractivity contribution in [2.45, 2.75) is 51.7 Å². The van der Waals surface area contributed by atoms with Gasteiger partial charge in [-0.05, 0) is 52.6 Å². The number of carbonyl (C=O) groups is 2. The van der Waals surface area contributed by atoms with Crippen LogP contribution < -0.4 is 10.6 Å². The van der Waals surface area contributed by atoms with E-state index in [9.17, 15) is 9.59 Å². The predicted molar refractivity (Wildman–Crippen MR) is 79.9 cm³/mol. The second kappa shape index (κ2) is 6.64. The number of nitrogens with one attached hydrogen (secondary N) is 2. The Morgan fingerprint density at radius 2 is 2.05 bits per heavy atom. The summed E-state index contributed by atoms with van der Waals surface area (Å²) in [5.74, 6) is 0.689. The molecule has 2 N–H and O–H groups in total. The summed E-state index contributed by atoms with van der Waals surface area (Å²) >= 11 is 0. The zero-order valence-electron chi connectivity index (χ0n) is 13.3. The zero-order valence-corrected chi connectivity index (χ0v) is 13.3. The molecule has 21 heavy (non-hydrogen) atoms. The van der Waals surface area contributed by atoms with Crippen LogP contribution in [0.3, 0.4) is 0 Å². The molecule has 0 bridgehead atoms. The number of alkyl carbamates (subject to hydrolysis) is 1. The Labute approximate surface area is 126 Å². The standard InChI is InChI=1S/C15H27N3O3/c1-15(2,3)21-14(20)17-12-5-4-6-18(10-12)13(19)7-11-8-16-9-11/h11-12,16H,4-10H2,1-3H3,(H,17,20). The molecule has 2 heterocycles. The maximum absolute atomic E-state index is 12.2. The maximum atomic E-state index is 12.2. The molecule has 0 aliphatic carbocycles. The first-order chi connectivity index (χ1) is 9.83. The van der Waals surface area contributed by atoms with E-state index in [1.165, 1.54) is 0 Å². The molecule has 0 spiro atoms. The molecular weight excluding hydrogens is 270 g/mol. The van der Waals surface area contributed by atoms with Gasteiger partial charge in [-0.3, -0.25) is 4.79 Å². The highest BCUT2D eigenvalue weighted by Gasteiger charge is 2.29. The minimum Gasteiger partial charge on any atom is -0.444 e. The maximum Gasteiger partial charge on any atom is 0.407 e. The van der Waals surface area contributed by atoms with Crippen molar-refractivity contribution >= 4 is 12.0 Å². The summed E-state index contributed by atoms with van der Waals surface area (Å²) in [6.07, 6.45) is 2.04. The third-order valence-corrected chi connectivity index (χ3v) is 3.82. The molecule has 120 valence electrons. The molecule has 0 radical (unpaired) electrons. The average Bonchev–Trinajstić information content (AvgIpc) is 2.31. The number of hydrogen-bond acceptors (Lipinski definition) is 4. The van der Waals surface area contributed by atoms with E-state index in [1.54, 1.807) is 0 Å². The number of nitrogens with zero attached hydrogens (tertiary/aromatic N) is 1. The predicted octanol–water partition coefficient (Wildman–Crippen LogP) is 1.11. The molecule has 2 fully saturated rings. The fourth-order valence-corrected chi connectivity index (χ4v) is 2.66. The summed E-state index contributed by atoms with van der Waals surface area (Å²) in [5, 5.41) is 6.06. The zero-order chi connectivity index (χ0) is 15.5. The lowest BCUT2D eigenvalue weighted by molar-refractivity contribution is -0.134. The second-order valence-electron chi connectivity index (χ2n) is 7.05. The molecule has 2 saturated heterocycles.